The molecule has 1 radical (unpaired) electrons. The zero-order valence-corrected chi connectivity index (χ0v) is 4.48. The summed E-state index contributed by atoms with van der Waals surface area (Å²) in [5, 5.41) is 8.30. The minimum atomic E-state index is -0.264. The lowest BCUT2D eigenvalue weighted by molar-refractivity contribution is 0.0477. The molecule has 1 fully saturated rings. The first-order valence-corrected chi connectivity index (χ1v) is 2.57. The summed E-state index contributed by atoms with van der Waals surface area (Å²) in [7, 11) is 0. The Labute approximate surface area is 47.0 Å². The van der Waals surface area contributed by atoms with Gasteiger partial charge in [-0.3, -0.25) is 0 Å². The Kier molecular flexibility index (Phi) is 1.52. The van der Waals surface area contributed by atoms with Crippen molar-refractivity contribution in [2.75, 3.05) is 6.61 Å². The maximum absolute atomic E-state index is 8.56. The van der Waals surface area contributed by atoms with Crippen LogP contribution in [0, 0.1) is 6.29 Å². The molecule has 0 aromatic heterocycles. The molecule has 0 spiro atoms. The minimum Gasteiger partial charge on any atom is -0.360 e. The number of ether oxygens (including phenoxy) is 1. The van der Waals surface area contributed by atoms with Crippen molar-refractivity contribution in [2.45, 2.75) is 11.8 Å². The van der Waals surface area contributed by atoms with Crippen LogP contribution in [-0.4, -0.2) is 17.1 Å². The molecule has 7 heavy (non-hydrogen) atoms. The molecule has 0 saturated carbocycles. The second-order valence-corrected chi connectivity index (χ2v) is 1.97. The second kappa shape index (κ2) is 1.99. The second-order valence-electron chi connectivity index (χ2n) is 1.44. The van der Waals surface area contributed by atoms with Crippen LogP contribution in [0.15, 0.2) is 0 Å². The van der Waals surface area contributed by atoms with Gasteiger partial charge in [-0.2, -0.15) is 0 Å². The van der Waals surface area contributed by atoms with Crippen LogP contribution in [0.3, 0.4) is 0 Å². The van der Waals surface area contributed by atoms with Crippen LogP contribution >= 0.6 is 11.6 Å². The third-order valence-electron chi connectivity index (χ3n) is 0.889. The van der Waals surface area contributed by atoms with E-state index in [2.05, 4.69) is 4.74 Å². The van der Waals surface area contributed by atoms with Crippen LogP contribution in [0.25, 0.3) is 0 Å². The number of aliphatic hydroxyl groups is 1. The number of rotatable bonds is 0. The lowest BCUT2D eigenvalue weighted by atomic mass is 10.4. The molecule has 3 heteroatoms. The minimum absolute atomic E-state index is 0.0262. The van der Waals surface area contributed by atoms with Gasteiger partial charge >= 0.3 is 0 Å². The summed E-state index contributed by atoms with van der Waals surface area (Å²) in [4.78, 5) is 0. The average molecular weight is 122 g/mol. The Bertz CT molecular complexity index is 58.7. The molecule has 1 atom stereocenters. The molecule has 0 aliphatic carbocycles. The normalized spacial score (nSPS) is 34.3. The van der Waals surface area contributed by atoms with Crippen molar-refractivity contribution in [1.29, 1.82) is 0 Å². The molecule has 1 heterocycles. The van der Waals surface area contributed by atoms with Gasteiger partial charge in [0.05, 0.1) is 12.0 Å². The molecule has 1 aliphatic heterocycles. The van der Waals surface area contributed by atoms with Crippen LogP contribution < -0.4 is 0 Å². The highest BCUT2D eigenvalue weighted by Crippen LogP contribution is 2.22. The van der Waals surface area contributed by atoms with Gasteiger partial charge in [-0.25, -0.2) is 0 Å². The average Bonchev–Trinajstić information content (AvgIpc) is 1.91. The molecule has 0 aromatic rings. The van der Waals surface area contributed by atoms with Gasteiger partial charge in [0.2, 0.25) is 6.29 Å². The maximum Gasteiger partial charge on any atom is 0.239 e. The number of alkyl halides is 1. The first kappa shape index (κ1) is 5.35. The molecular formula is C4H6ClO2. The first-order chi connectivity index (χ1) is 3.30. The van der Waals surface area contributed by atoms with Crippen molar-refractivity contribution >= 4 is 11.6 Å². The van der Waals surface area contributed by atoms with Gasteiger partial charge in [0.1, 0.15) is 0 Å². The molecule has 1 N–H and O–H groups in total. The maximum atomic E-state index is 8.56. The zero-order chi connectivity index (χ0) is 5.28. The number of aliphatic hydroxyl groups excluding tert-OH is 1. The number of hydrogen-bond acceptors (Lipinski definition) is 2. The first-order valence-electron chi connectivity index (χ1n) is 2.13. The summed E-state index contributed by atoms with van der Waals surface area (Å²) in [6.07, 6.45) is 0.703. The van der Waals surface area contributed by atoms with Crippen molar-refractivity contribution in [3.05, 3.63) is 6.29 Å². The van der Waals surface area contributed by atoms with E-state index in [-0.39, 0.29) is 11.7 Å². The van der Waals surface area contributed by atoms with Crippen molar-refractivity contribution in [3.63, 3.8) is 0 Å². The van der Waals surface area contributed by atoms with E-state index < -0.39 is 0 Å². The van der Waals surface area contributed by atoms with E-state index in [0.717, 1.165) is 6.42 Å². The van der Waals surface area contributed by atoms with Crippen LogP contribution in [0.5, 0.6) is 0 Å². The lowest BCUT2D eigenvalue weighted by Gasteiger charge is -1.98. The molecule has 0 aromatic carbocycles. The van der Waals surface area contributed by atoms with Crippen molar-refractivity contribution in [1.82, 2.24) is 0 Å². The molecule has 1 saturated heterocycles. The van der Waals surface area contributed by atoms with Gasteiger partial charge in [0.25, 0.3) is 0 Å². The Morgan fingerprint density at radius 1 is 1.86 bits per heavy atom. The van der Waals surface area contributed by atoms with Gasteiger partial charge in [-0.05, 0) is 6.42 Å². The van der Waals surface area contributed by atoms with Crippen LogP contribution in [-0.2, 0) is 4.74 Å². The predicted molar refractivity (Wildman–Crippen MR) is 25.4 cm³/mol. The molecule has 41 valence electrons. The highest BCUT2D eigenvalue weighted by atomic mass is 35.5. The van der Waals surface area contributed by atoms with Crippen molar-refractivity contribution < 1.29 is 9.84 Å². The highest BCUT2D eigenvalue weighted by molar-refractivity contribution is 6.21. The Balaban J connectivity index is 2.33. The molecule has 1 aliphatic rings. The SMILES string of the molecule is O[C]1OCCC1Cl. The van der Waals surface area contributed by atoms with E-state index in [1.54, 1.807) is 0 Å². The zero-order valence-electron chi connectivity index (χ0n) is 3.72. The molecule has 0 bridgehead atoms. The molecule has 2 nitrogen and oxygen atoms in total. The molecule has 1 unspecified atom stereocenters. The summed E-state index contributed by atoms with van der Waals surface area (Å²) in [5.74, 6) is 0. The van der Waals surface area contributed by atoms with E-state index in [1.165, 1.54) is 0 Å². The third-order valence-corrected chi connectivity index (χ3v) is 1.29. The summed E-state index contributed by atoms with van der Waals surface area (Å²) in [5.41, 5.74) is 0. The largest absolute Gasteiger partial charge is 0.360 e. The Hall–Kier alpha value is 0.210. The molecule has 0 amide bonds. The summed E-state index contributed by atoms with van der Waals surface area (Å²) < 4.78 is 4.61. The lowest BCUT2D eigenvalue weighted by Crippen LogP contribution is -2.02. The van der Waals surface area contributed by atoms with Crippen LogP contribution in [0.2, 0.25) is 0 Å². The highest BCUT2D eigenvalue weighted by Gasteiger charge is 2.24. The quantitative estimate of drug-likeness (QED) is 0.482. The smallest absolute Gasteiger partial charge is 0.239 e. The van der Waals surface area contributed by atoms with E-state index >= 15 is 0 Å². The Morgan fingerprint density at radius 2 is 2.57 bits per heavy atom. The molecule has 1 rings (SSSR count). The summed E-state index contributed by atoms with van der Waals surface area (Å²) >= 11 is 5.45. The molecular weight excluding hydrogens is 115 g/mol. The van der Waals surface area contributed by atoms with E-state index in [0.29, 0.717) is 6.61 Å². The standard InChI is InChI=1S/C4H6ClO2/c5-3-1-2-7-4(3)6/h3,6H,1-2H2. The number of hydrogen-bond donors (Lipinski definition) is 1. The third kappa shape index (κ3) is 1.06. The summed E-state index contributed by atoms with van der Waals surface area (Å²) in [6, 6.07) is 0. The predicted octanol–water partition coefficient (Wildman–Crippen LogP) is 0.876. The fourth-order valence-corrected chi connectivity index (χ4v) is 0.633. The van der Waals surface area contributed by atoms with Gasteiger partial charge in [-0.1, -0.05) is 0 Å². The van der Waals surface area contributed by atoms with Crippen LogP contribution in [0.1, 0.15) is 6.42 Å². The number of halogens is 1. The van der Waals surface area contributed by atoms with E-state index in [1.807, 2.05) is 0 Å². The van der Waals surface area contributed by atoms with Gasteiger partial charge < -0.3 is 9.84 Å². The monoisotopic (exact) mass is 121 g/mol. The van der Waals surface area contributed by atoms with Crippen molar-refractivity contribution in [2.24, 2.45) is 0 Å². The van der Waals surface area contributed by atoms with E-state index in [4.69, 9.17) is 16.7 Å². The van der Waals surface area contributed by atoms with Gasteiger partial charge in [-0.15, -0.1) is 11.6 Å². The van der Waals surface area contributed by atoms with Crippen molar-refractivity contribution in [3.8, 4) is 0 Å². The topological polar surface area (TPSA) is 29.5 Å². The van der Waals surface area contributed by atoms with E-state index in [9.17, 15) is 0 Å². The van der Waals surface area contributed by atoms with Gasteiger partial charge in [0.15, 0.2) is 0 Å². The Morgan fingerprint density at radius 3 is 2.71 bits per heavy atom. The fourth-order valence-electron chi connectivity index (χ4n) is 0.481. The summed E-state index contributed by atoms with van der Waals surface area (Å²) in [6.45, 7) is 0.556. The van der Waals surface area contributed by atoms with Crippen LogP contribution in [0.4, 0.5) is 0 Å². The fraction of sp³-hybridized carbons (Fsp3) is 0.750. The van der Waals surface area contributed by atoms with Gasteiger partial charge in [0, 0.05) is 0 Å².